The van der Waals surface area contributed by atoms with Crippen LogP contribution in [0.2, 0.25) is 0 Å². The molecule has 2 aliphatic rings. The Kier molecular flexibility index (Phi) is 6.32. The molecule has 0 spiro atoms. The number of ether oxygens (including phenoxy) is 1. The number of pyridine rings is 2. The molecule has 1 aromatic carbocycles. The van der Waals surface area contributed by atoms with Crippen LogP contribution in [0.1, 0.15) is 15.9 Å². The Labute approximate surface area is 207 Å². The summed E-state index contributed by atoms with van der Waals surface area (Å²) in [6.45, 7) is 6.02. The average Bonchev–Trinajstić information content (AvgIpc) is 2.91. The van der Waals surface area contributed by atoms with Crippen LogP contribution in [0.15, 0.2) is 47.5 Å². The number of carbonyl (C=O) groups excluding carboxylic acids is 1. The summed E-state index contributed by atoms with van der Waals surface area (Å²) in [4.78, 5) is 36.7. The number of nitrogens with one attached hydrogen (secondary N) is 4. The first-order valence-corrected chi connectivity index (χ1v) is 11.7. The summed E-state index contributed by atoms with van der Waals surface area (Å²) in [5, 5.41) is 18.3. The average molecular weight is 487 g/mol. The van der Waals surface area contributed by atoms with Gasteiger partial charge in [0.15, 0.2) is 6.19 Å². The van der Waals surface area contributed by atoms with Crippen LogP contribution in [0.3, 0.4) is 0 Å². The fraction of sp³-hybridized carbons (Fsp3) is 0.280. The molecule has 0 aliphatic carbocycles. The van der Waals surface area contributed by atoms with Crippen molar-refractivity contribution in [1.82, 2.24) is 14.9 Å². The van der Waals surface area contributed by atoms with Gasteiger partial charge >= 0.3 is 0 Å². The minimum Gasteiger partial charge on any atom is -0.474 e. The lowest BCUT2D eigenvalue weighted by Gasteiger charge is -2.33. The number of aromatic amines is 1. The van der Waals surface area contributed by atoms with Crippen LogP contribution in [0, 0.1) is 18.4 Å². The van der Waals surface area contributed by atoms with Crippen molar-refractivity contribution in [2.75, 3.05) is 60.2 Å². The summed E-state index contributed by atoms with van der Waals surface area (Å²) in [6, 6.07) is 9.09. The number of hydrogen-bond acceptors (Lipinski definition) is 9. The quantitative estimate of drug-likeness (QED) is 0.401. The number of nitrogens with zero attached hydrogens (tertiary/aromatic N) is 4. The third-order valence-electron chi connectivity index (χ3n) is 6.32. The Balaban J connectivity index is 1.33. The van der Waals surface area contributed by atoms with Crippen molar-refractivity contribution in [3.8, 4) is 12.1 Å². The second-order valence-corrected chi connectivity index (χ2v) is 8.55. The van der Waals surface area contributed by atoms with Gasteiger partial charge in [-0.05, 0) is 37.3 Å². The lowest BCUT2D eigenvalue weighted by Crippen LogP contribution is -2.44. The number of carbonyl (C=O) groups is 1. The first-order valence-electron chi connectivity index (χ1n) is 11.7. The van der Waals surface area contributed by atoms with E-state index in [1.807, 2.05) is 19.1 Å². The summed E-state index contributed by atoms with van der Waals surface area (Å²) in [6.07, 6.45) is 5.29. The van der Waals surface area contributed by atoms with Crippen LogP contribution in [0.4, 0.5) is 28.4 Å². The number of amides is 1. The Morgan fingerprint density at radius 1 is 1.14 bits per heavy atom. The minimum atomic E-state index is -0.528. The maximum atomic E-state index is 13.2. The van der Waals surface area contributed by atoms with Crippen LogP contribution >= 0.6 is 0 Å². The molecular formula is C25H26N8O3. The van der Waals surface area contributed by atoms with Crippen LogP contribution in [0.5, 0.6) is 5.88 Å². The molecule has 3 aromatic rings. The molecular weight excluding hydrogens is 460 g/mol. The van der Waals surface area contributed by atoms with E-state index in [4.69, 9.17) is 10.00 Å². The molecule has 0 atom stereocenters. The van der Waals surface area contributed by atoms with Gasteiger partial charge in [0.05, 0.1) is 17.6 Å². The van der Waals surface area contributed by atoms with Gasteiger partial charge in [-0.3, -0.25) is 9.59 Å². The van der Waals surface area contributed by atoms with Crippen molar-refractivity contribution in [3.05, 3.63) is 64.2 Å². The van der Waals surface area contributed by atoms with Crippen molar-refractivity contribution >= 4 is 34.3 Å². The van der Waals surface area contributed by atoms with E-state index in [-0.39, 0.29) is 5.56 Å². The zero-order valence-electron chi connectivity index (χ0n) is 19.8. The van der Waals surface area contributed by atoms with E-state index in [0.717, 1.165) is 30.0 Å². The molecule has 4 N–H and O–H groups in total. The van der Waals surface area contributed by atoms with Crippen molar-refractivity contribution in [2.45, 2.75) is 6.92 Å². The molecule has 11 nitrogen and oxygen atoms in total. The highest BCUT2D eigenvalue weighted by Gasteiger charge is 2.21. The maximum absolute atomic E-state index is 13.2. The summed E-state index contributed by atoms with van der Waals surface area (Å²) in [7, 11) is 0. The highest BCUT2D eigenvalue weighted by atomic mass is 16.5. The molecule has 2 aromatic heterocycles. The molecule has 2 aliphatic heterocycles. The van der Waals surface area contributed by atoms with E-state index in [1.54, 1.807) is 29.3 Å². The van der Waals surface area contributed by atoms with Crippen LogP contribution < -0.4 is 31.1 Å². The fourth-order valence-electron chi connectivity index (χ4n) is 4.31. The van der Waals surface area contributed by atoms with Crippen molar-refractivity contribution in [2.24, 2.45) is 0 Å². The lowest BCUT2D eigenvalue weighted by atomic mass is 10.1. The molecule has 4 heterocycles. The zero-order valence-corrected chi connectivity index (χ0v) is 19.8. The molecule has 1 fully saturated rings. The fourth-order valence-corrected chi connectivity index (χ4v) is 4.31. The van der Waals surface area contributed by atoms with Crippen LogP contribution in [-0.4, -0.2) is 60.1 Å². The van der Waals surface area contributed by atoms with E-state index in [1.165, 1.54) is 6.20 Å². The minimum absolute atomic E-state index is 0.0319. The third kappa shape index (κ3) is 4.61. The zero-order chi connectivity index (χ0) is 25.1. The molecule has 11 heteroatoms. The smallest absolute Gasteiger partial charge is 0.263 e. The molecule has 1 amide bonds. The van der Waals surface area contributed by atoms with Crippen molar-refractivity contribution < 1.29 is 9.53 Å². The number of nitriles is 1. The third-order valence-corrected chi connectivity index (χ3v) is 6.32. The molecule has 0 radical (unpaired) electrons. The summed E-state index contributed by atoms with van der Waals surface area (Å²) in [5.41, 5.74) is 3.73. The van der Waals surface area contributed by atoms with E-state index in [2.05, 4.69) is 37.0 Å². The van der Waals surface area contributed by atoms with Gasteiger partial charge in [0.25, 0.3) is 11.5 Å². The monoisotopic (exact) mass is 486 g/mol. The molecule has 1 saturated heterocycles. The van der Waals surface area contributed by atoms with Gasteiger partial charge in [0.2, 0.25) is 5.88 Å². The highest BCUT2D eigenvalue weighted by Crippen LogP contribution is 2.34. The Hall–Kier alpha value is -4.72. The number of anilines is 5. The number of benzene rings is 1. The van der Waals surface area contributed by atoms with E-state index in [0.29, 0.717) is 49.2 Å². The number of H-pyrrole nitrogens is 1. The predicted molar refractivity (Wildman–Crippen MR) is 137 cm³/mol. The van der Waals surface area contributed by atoms with E-state index in [9.17, 15) is 9.59 Å². The SMILES string of the molecule is Cc1c(Nc2cc[nH]c(=O)c2C(=O)Nc2ccc(N3CCN(C#N)CC3)cc2)cnc2c1NCCO2. The maximum Gasteiger partial charge on any atom is 0.263 e. The number of hydrogen-bond donors (Lipinski definition) is 4. The number of aromatic nitrogens is 2. The predicted octanol–water partition coefficient (Wildman–Crippen LogP) is 2.48. The molecule has 0 saturated carbocycles. The molecule has 0 unspecified atom stereocenters. The molecule has 5 rings (SSSR count). The Morgan fingerprint density at radius 3 is 2.67 bits per heavy atom. The lowest BCUT2D eigenvalue weighted by molar-refractivity contribution is 0.102. The van der Waals surface area contributed by atoms with Gasteiger partial charge < -0.3 is 35.5 Å². The number of fused-ring (bicyclic) bond motifs is 1. The molecule has 184 valence electrons. The van der Waals surface area contributed by atoms with Crippen molar-refractivity contribution in [3.63, 3.8) is 0 Å². The Bertz CT molecular complexity index is 1370. The summed E-state index contributed by atoms with van der Waals surface area (Å²) >= 11 is 0. The first-order chi connectivity index (χ1) is 17.5. The van der Waals surface area contributed by atoms with Crippen LogP contribution in [-0.2, 0) is 0 Å². The van der Waals surface area contributed by atoms with Gasteiger partial charge in [-0.15, -0.1) is 0 Å². The Morgan fingerprint density at radius 2 is 1.92 bits per heavy atom. The summed E-state index contributed by atoms with van der Waals surface area (Å²) < 4.78 is 5.58. The normalized spacial score (nSPS) is 14.7. The van der Waals surface area contributed by atoms with Crippen LogP contribution in [0.25, 0.3) is 0 Å². The van der Waals surface area contributed by atoms with Gasteiger partial charge in [0.1, 0.15) is 17.9 Å². The summed E-state index contributed by atoms with van der Waals surface area (Å²) in [5.74, 6) is 0.00308. The van der Waals surface area contributed by atoms with Gasteiger partial charge in [-0.1, -0.05) is 0 Å². The number of piperazine rings is 1. The van der Waals surface area contributed by atoms with E-state index < -0.39 is 11.5 Å². The number of rotatable bonds is 5. The standard InChI is InChI=1S/C25H26N8O3/c1-16-20(14-29-25-22(16)27-8-13-36-25)31-19-6-7-28-23(34)21(19)24(35)30-17-2-4-18(5-3-17)33-11-9-32(15-26)10-12-33/h2-7,14,27H,8-13H2,1H3,(H,30,35)(H2,28,31,34). The topological polar surface area (TPSA) is 138 Å². The van der Waals surface area contributed by atoms with Crippen molar-refractivity contribution in [1.29, 1.82) is 5.26 Å². The molecule has 36 heavy (non-hydrogen) atoms. The second kappa shape index (κ2) is 9.87. The van der Waals surface area contributed by atoms with Gasteiger partial charge in [-0.25, -0.2) is 4.98 Å². The molecule has 0 bridgehead atoms. The first kappa shape index (κ1) is 23.0. The second-order valence-electron chi connectivity index (χ2n) is 8.55. The van der Waals surface area contributed by atoms with Gasteiger partial charge in [-0.2, -0.15) is 5.26 Å². The van der Waals surface area contributed by atoms with Gasteiger partial charge in [0, 0.05) is 55.9 Å². The largest absolute Gasteiger partial charge is 0.474 e. The van der Waals surface area contributed by atoms with E-state index >= 15 is 0 Å². The highest BCUT2D eigenvalue weighted by molar-refractivity contribution is 6.08.